The fourth-order valence-corrected chi connectivity index (χ4v) is 2.74. The molecule has 0 saturated heterocycles. The summed E-state index contributed by atoms with van der Waals surface area (Å²) in [5.74, 6) is 2.07. The maximum Gasteiger partial charge on any atom is 0.140 e. The lowest BCUT2D eigenvalue weighted by Crippen LogP contribution is -2.16. The molecule has 1 fully saturated rings. The normalized spacial score (nSPS) is 18.2. The fourth-order valence-electron chi connectivity index (χ4n) is 2.74. The molecule has 0 spiro atoms. The molecular weight excluding hydrogens is 234 g/mol. The highest BCUT2D eigenvalue weighted by Gasteiger charge is 2.31. The lowest BCUT2D eigenvalue weighted by atomic mass is 9.85. The summed E-state index contributed by atoms with van der Waals surface area (Å²) in [6.07, 6.45) is 5.60. The van der Waals surface area contributed by atoms with Crippen LogP contribution in [0, 0.1) is 5.92 Å². The molecule has 100 valence electrons. The molecule has 3 nitrogen and oxygen atoms in total. The second-order valence-electron chi connectivity index (χ2n) is 5.60. The van der Waals surface area contributed by atoms with E-state index in [9.17, 15) is 0 Å². The molecule has 1 saturated carbocycles. The van der Waals surface area contributed by atoms with Crippen LogP contribution in [0.4, 0.5) is 0 Å². The SMILES string of the molecule is CCC(C)C(c1ccccc1)c1nncn1C1CC1. The van der Waals surface area contributed by atoms with Crippen molar-refractivity contribution in [1.29, 1.82) is 0 Å². The molecule has 3 rings (SSSR count). The van der Waals surface area contributed by atoms with Gasteiger partial charge in [-0.2, -0.15) is 0 Å². The van der Waals surface area contributed by atoms with Crippen LogP contribution in [-0.4, -0.2) is 14.8 Å². The Bertz CT molecular complexity index is 528. The van der Waals surface area contributed by atoms with E-state index in [0.29, 0.717) is 17.9 Å². The van der Waals surface area contributed by atoms with Gasteiger partial charge in [-0.15, -0.1) is 10.2 Å². The molecule has 0 amide bonds. The van der Waals surface area contributed by atoms with Crippen LogP contribution in [0.5, 0.6) is 0 Å². The largest absolute Gasteiger partial charge is 0.314 e. The maximum atomic E-state index is 4.44. The van der Waals surface area contributed by atoms with Crippen molar-refractivity contribution in [3.8, 4) is 0 Å². The highest BCUT2D eigenvalue weighted by molar-refractivity contribution is 5.26. The molecule has 0 radical (unpaired) electrons. The Morgan fingerprint density at radius 2 is 2.00 bits per heavy atom. The van der Waals surface area contributed by atoms with Gasteiger partial charge < -0.3 is 4.57 Å². The monoisotopic (exact) mass is 255 g/mol. The molecule has 1 aromatic carbocycles. The van der Waals surface area contributed by atoms with Crippen molar-refractivity contribution < 1.29 is 0 Å². The number of aromatic nitrogens is 3. The average Bonchev–Trinajstić information content (AvgIpc) is 3.19. The second kappa shape index (κ2) is 5.16. The van der Waals surface area contributed by atoms with Gasteiger partial charge in [0, 0.05) is 12.0 Å². The van der Waals surface area contributed by atoms with Gasteiger partial charge in [0.1, 0.15) is 12.2 Å². The van der Waals surface area contributed by atoms with Crippen LogP contribution in [0.2, 0.25) is 0 Å². The third kappa shape index (κ3) is 2.42. The Morgan fingerprint density at radius 1 is 1.26 bits per heavy atom. The topological polar surface area (TPSA) is 30.7 Å². The lowest BCUT2D eigenvalue weighted by Gasteiger charge is -2.23. The predicted octanol–water partition coefficient (Wildman–Crippen LogP) is 3.79. The van der Waals surface area contributed by atoms with Gasteiger partial charge in [0.05, 0.1) is 0 Å². The molecule has 1 aromatic heterocycles. The minimum absolute atomic E-state index is 0.356. The molecular formula is C16H21N3. The van der Waals surface area contributed by atoms with E-state index in [2.05, 4.69) is 58.9 Å². The first-order valence-electron chi connectivity index (χ1n) is 7.25. The number of nitrogens with zero attached hydrogens (tertiary/aromatic N) is 3. The van der Waals surface area contributed by atoms with Gasteiger partial charge in [0.25, 0.3) is 0 Å². The molecule has 0 aliphatic heterocycles. The number of hydrogen-bond acceptors (Lipinski definition) is 2. The summed E-state index contributed by atoms with van der Waals surface area (Å²) in [6.45, 7) is 4.56. The number of benzene rings is 1. The Hall–Kier alpha value is -1.64. The third-order valence-electron chi connectivity index (χ3n) is 4.19. The smallest absolute Gasteiger partial charge is 0.140 e. The molecule has 19 heavy (non-hydrogen) atoms. The molecule has 2 aromatic rings. The predicted molar refractivity (Wildman–Crippen MR) is 76.0 cm³/mol. The van der Waals surface area contributed by atoms with Crippen LogP contribution >= 0.6 is 0 Å². The zero-order valence-corrected chi connectivity index (χ0v) is 11.7. The van der Waals surface area contributed by atoms with E-state index in [1.807, 2.05) is 6.33 Å². The first-order valence-corrected chi connectivity index (χ1v) is 7.25. The minimum atomic E-state index is 0.356. The van der Waals surface area contributed by atoms with E-state index < -0.39 is 0 Å². The van der Waals surface area contributed by atoms with Crippen LogP contribution in [0.15, 0.2) is 36.7 Å². The van der Waals surface area contributed by atoms with Crippen molar-refractivity contribution >= 4 is 0 Å². The molecule has 0 bridgehead atoms. The highest BCUT2D eigenvalue weighted by atomic mass is 15.3. The van der Waals surface area contributed by atoms with Gasteiger partial charge in [-0.1, -0.05) is 50.6 Å². The molecule has 0 N–H and O–H groups in total. The summed E-state index contributed by atoms with van der Waals surface area (Å²) in [5, 5.41) is 8.60. The van der Waals surface area contributed by atoms with Gasteiger partial charge in [0.15, 0.2) is 0 Å². The van der Waals surface area contributed by atoms with Gasteiger partial charge >= 0.3 is 0 Å². The van der Waals surface area contributed by atoms with Crippen LogP contribution in [-0.2, 0) is 0 Å². The maximum absolute atomic E-state index is 4.44. The molecule has 3 heteroatoms. The quantitative estimate of drug-likeness (QED) is 0.813. The van der Waals surface area contributed by atoms with Gasteiger partial charge in [-0.3, -0.25) is 0 Å². The van der Waals surface area contributed by atoms with Crippen LogP contribution < -0.4 is 0 Å². The van der Waals surface area contributed by atoms with E-state index >= 15 is 0 Å². The fraction of sp³-hybridized carbons (Fsp3) is 0.500. The van der Waals surface area contributed by atoms with Crippen molar-refractivity contribution in [1.82, 2.24) is 14.8 Å². The number of hydrogen-bond donors (Lipinski definition) is 0. The van der Waals surface area contributed by atoms with Crippen molar-refractivity contribution in [2.75, 3.05) is 0 Å². The lowest BCUT2D eigenvalue weighted by molar-refractivity contribution is 0.460. The van der Waals surface area contributed by atoms with Crippen LogP contribution in [0.1, 0.15) is 56.5 Å². The molecule has 1 heterocycles. The number of rotatable bonds is 5. The van der Waals surface area contributed by atoms with Gasteiger partial charge in [-0.25, -0.2) is 0 Å². The Balaban J connectivity index is 2.01. The molecule has 1 aliphatic rings. The van der Waals surface area contributed by atoms with E-state index in [1.54, 1.807) is 0 Å². The first kappa shape index (κ1) is 12.4. The van der Waals surface area contributed by atoms with Crippen molar-refractivity contribution in [3.63, 3.8) is 0 Å². The minimum Gasteiger partial charge on any atom is -0.314 e. The zero-order valence-electron chi connectivity index (χ0n) is 11.7. The summed E-state index contributed by atoms with van der Waals surface area (Å²) in [7, 11) is 0. The summed E-state index contributed by atoms with van der Waals surface area (Å²) in [4.78, 5) is 0. The van der Waals surface area contributed by atoms with Crippen molar-refractivity contribution in [2.24, 2.45) is 5.92 Å². The first-order chi connectivity index (χ1) is 9.31. The molecule has 2 atom stereocenters. The van der Waals surface area contributed by atoms with Gasteiger partial charge in [0.2, 0.25) is 0 Å². The Kier molecular flexibility index (Phi) is 3.36. The standard InChI is InChI=1S/C16H21N3/c1-3-12(2)15(13-7-5-4-6-8-13)16-18-17-11-19(16)14-9-10-14/h4-8,11-12,14-15H,3,9-10H2,1-2H3. The Labute approximate surface area is 114 Å². The molecule has 1 aliphatic carbocycles. The van der Waals surface area contributed by atoms with E-state index in [-0.39, 0.29) is 0 Å². The second-order valence-corrected chi connectivity index (χ2v) is 5.60. The van der Waals surface area contributed by atoms with Crippen molar-refractivity contribution in [2.45, 2.75) is 45.1 Å². The summed E-state index contributed by atoms with van der Waals surface area (Å²) < 4.78 is 2.30. The summed E-state index contributed by atoms with van der Waals surface area (Å²) >= 11 is 0. The average molecular weight is 255 g/mol. The Morgan fingerprint density at radius 3 is 2.63 bits per heavy atom. The zero-order chi connectivity index (χ0) is 13.2. The highest BCUT2D eigenvalue weighted by Crippen LogP contribution is 2.40. The van der Waals surface area contributed by atoms with Crippen molar-refractivity contribution in [3.05, 3.63) is 48.0 Å². The molecule has 2 unspecified atom stereocenters. The summed E-state index contributed by atoms with van der Waals surface area (Å²) in [5.41, 5.74) is 1.35. The van der Waals surface area contributed by atoms with Crippen LogP contribution in [0.25, 0.3) is 0 Å². The van der Waals surface area contributed by atoms with Crippen LogP contribution in [0.3, 0.4) is 0 Å². The summed E-state index contributed by atoms with van der Waals surface area (Å²) in [6, 6.07) is 11.4. The van der Waals surface area contributed by atoms with E-state index in [1.165, 1.54) is 18.4 Å². The van der Waals surface area contributed by atoms with E-state index in [0.717, 1.165) is 12.2 Å². The van der Waals surface area contributed by atoms with E-state index in [4.69, 9.17) is 0 Å². The van der Waals surface area contributed by atoms with Gasteiger partial charge in [-0.05, 0) is 24.3 Å². The third-order valence-corrected chi connectivity index (χ3v) is 4.19.